The second kappa shape index (κ2) is 7.38. The molecule has 0 unspecified atom stereocenters. The number of rotatable bonds is 3. The molecule has 0 fully saturated rings. The Hall–Kier alpha value is -2.53. The van der Waals surface area contributed by atoms with Crippen LogP contribution in [0.4, 0.5) is 5.69 Å². The molecule has 0 spiro atoms. The van der Waals surface area contributed by atoms with Gasteiger partial charge in [-0.2, -0.15) is 0 Å². The summed E-state index contributed by atoms with van der Waals surface area (Å²) in [5.74, 6) is 0.560. The van der Waals surface area contributed by atoms with E-state index >= 15 is 0 Å². The quantitative estimate of drug-likeness (QED) is 0.406. The molecule has 0 aliphatic carbocycles. The zero-order chi connectivity index (χ0) is 18.8. The molecule has 0 saturated carbocycles. The SMILES string of the molecule is Cc1ccc(N=C(N)SCc2cc(=O)oc3cc(C)c(C)cc23)cc1C. The number of hydrogen-bond acceptors (Lipinski definition) is 4. The van der Waals surface area contributed by atoms with Gasteiger partial charge < -0.3 is 10.2 Å². The van der Waals surface area contributed by atoms with Gasteiger partial charge in [-0.3, -0.25) is 0 Å². The average molecular weight is 366 g/mol. The molecule has 0 radical (unpaired) electrons. The van der Waals surface area contributed by atoms with Crippen LogP contribution in [0.25, 0.3) is 11.0 Å². The highest BCUT2D eigenvalue weighted by atomic mass is 32.2. The van der Waals surface area contributed by atoms with Gasteiger partial charge in [0.2, 0.25) is 0 Å². The van der Waals surface area contributed by atoms with E-state index in [9.17, 15) is 4.79 Å². The number of fused-ring (bicyclic) bond motifs is 1. The van der Waals surface area contributed by atoms with Gasteiger partial charge in [-0.1, -0.05) is 17.8 Å². The molecule has 3 rings (SSSR count). The summed E-state index contributed by atoms with van der Waals surface area (Å²) in [6, 6.07) is 11.5. The van der Waals surface area contributed by atoms with Crippen molar-refractivity contribution in [2.75, 3.05) is 0 Å². The molecule has 3 aromatic rings. The lowest BCUT2D eigenvalue weighted by Gasteiger charge is -2.08. The van der Waals surface area contributed by atoms with Crippen LogP contribution >= 0.6 is 11.8 Å². The molecule has 0 aliphatic rings. The summed E-state index contributed by atoms with van der Waals surface area (Å²) in [7, 11) is 0. The fourth-order valence-corrected chi connectivity index (χ4v) is 3.42. The van der Waals surface area contributed by atoms with Crippen molar-refractivity contribution in [3.05, 3.63) is 74.6 Å². The van der Waals surface area contributed by atoms with E-state index in [2.05, 4.69) is 24.9 Å². The fourth-order valence-electron chi connectivity index (χ4n) is 2.71. The van der Waals surface area contributed by atoms with Gasteiger partial charge in [-0.05, 0) is 79.8 Å². The van der Waals surface area contributed by atoms with Gasteiger partial charge in [0.05, 0.1) is 5.69 Å². The molecule has 0 amide bonds. The van der Waals surface area contributed by atoms with Crippen molar-refractivity contribution < 1.29 is 4.42 Å². The highest BCUT2D eigenvalue weighted by Crippen LogP contribution is 2.25. The predicted octanol–water partition coefficient (Wildman–Crippen LogP) is 4.91. The summed E-state index contributed by atoms with van der Waals surface area (Å²) in [6.07, 6.45) is 0. The van der Waals surface area contributed by atoms with E-state index in [0.717, 1.165) is 27.8 Å². The zero-order valence-electron chi connectivity index (χ0n) is 15.4. The van der Waals surface area contributed by atoms with E-state index < -0.39 is 0 Å². The van der Waals surface area contributed by atoms with Gasteiger partial charge in [0.25, 0.3) is 0 Å². The molecular weight excluding hydrogens is 344 g/mol. The van der Waals surface area contributed by atoms with Gasteiger partial charge in [0.15, 0.2) is 5.17 Å². The number of nitrogens with two attached hydrogens (primary N) is 1. The molecule has 5 heteroatoms. The Morgan fingerprint density at radius 3 is 2.42 bits per heavy atom. The van der Waals surface area contributed by atoms with Crippen molar-refractivity contribution in [1.82, 2.24) is 0 Å². The highest BCUT2D eigenvalue weighted by Gasteiger charge is 2.09. The molecule has 2 N–H and O–H groups in total. The zero-order valence-corrected chi connectivity index (χ0v) is 16.2. The maximum Gasteiger partial charge on any atom is 0.336 e. The normalized spacial score (nSPS) is 11.9. The van der Waals surface area contributed by atoms with Crippen molar-refractivity contribution in [2.24, 2.45) is 10.7 Å². The lowest BCUT2D eigenvalue weighted by molar-refractivity contribution is 0.559. The van der Waals surface area contributed by atoms with Crippen LogP contribution in [0.15, 0.2) is 50.6 Å². The number of nitrogens with zero attached hydrogens (tertiary/aromatic N) is 1. The smallest absolute Gasteiger partial charge is 0.336 e. The van der Waals surface area contributed by atoms with Gasteiger partial charge in [-0.25, -0.2) is 9.79 Å². The van der Waals surface area contributed by atoms with Crippen LogP contribution in [0.5, 0.6) is 0 Å². The van der Waals surface area contributed by atoms with Gasteiger partial charge in [-0.15, -0.1) is 0 Å². The second-order valence-electron chi connectivity index (χ2n) is 6.53. The fraction of sp³-hybridized carbons (Fsp3) is 0.238. The van der Waals surface area contributed by atoms with Gasteiger partial charge in [0.1, 0.15) is 5.58 Å². The molecule has 0 atom stereocenters. The van der Waals surface area contributed by atoms with Crippen molar-refractivity contribution in [2.45, 2.75) is 33.4 Å². The first-order chi connectivity index (χ1) is 12.3. The van der Waals surface area contributed by atoms with Crippen molar-refractivity contribution >= 4 is 33.6 Å². The highest BCUT2D eigenvalue weighted by molar-refractivity contribution is 8.13. The minimum absolute atomic E-state index is 0.346. The molecule has 1 heterocycles. The van der Waals surface area contributed by atoms with Crippen molar-refractivity contribution in [3.8, 4) is 0 Å². The number of aliphatic imine (C=N–C) groups is 1. The Kier molecular flexibility index (Phi) is 5.18. The third kappa shape index (κ3) is 3.99. The van der Waals surface area contributed by atoms with Crippen LogP contribution in [0.1, 0.15) is 27.8 Å². The summed E-state index contributed by atoms with van der Waals surface area (Å²) >= 11 is 1.42. The molecule has 2 aromatic carbocycles. The van der Waals surface area contributed by atoms with Crippen LogP contribution in [0.2, 0.25) is 0 Å². The van der Waals surface area contributed by atoms with E-state index in [1.54, 1.807) is 0 Å². The summed E-state index contributed by atoms with van der Waals surface area (Å²) in [5.41, 5.74) is 12.8. The lowest BCUT2D eigenvalue weighted by Crippen LogP contribution is -2.07. The number of benzene rings is 2. The van der Waals surface area contributed by atoms with Crippen molar-refractivity contribution in [1.29, 1.82) is 0 Å². The molecule has 0 aliphatic heterocycles. The molecule has 0 saturated heterocycles. The molecular formula is C21H22N2O2S. The topological polar surface area (TPSA) is 68.6 Å². The van der Waals surface area contributed by atoms with Gasteiger partial charge >= 0.3 is 5.63 Å². The number of hydrogen-bond donors (Lipinski definition) is 1. The molecule has 26 heavy (non-hydrogen) atoms. The van der Waals surface area contributed by atoms with Crippen molar-refractivity contribution in [3.63, 3.8) is 0 Å². The number of aryl methyl sites for hydroxylation is 4. The standard InChI is InChI=1S/C21H22N2O2S/c1-12-5-6-17(7-13(12)2)23-21(22)26-11-16-10-20(24)25-19-9-15(4)14(3)8-18(16)19/h5-10H,11H2,1-4H3,(H2,22,23). The first-order valence-corrected chi connectivity index (χ1v) is 9.40. The Balaban J connectivity index is 1.87. The van der Waals surface area contributed by atoms with Crippen LogP contribution < -0.4 is 11.4 Å². The first kappa shape index (κ1) is 18.3. The number of amidine groups is 1. The van der Waals surface area contributed by atoms with Crippen LogP contribution in [0, 0.1) is 27.7 Å². The second-order valence-corrected chi connectivity index (χ2v) is 7.53. The summed E-state index contributed by atoms with van der Waals surface area (Å²) in [4.78, 5) is 16.3. The Morgan fingerprint density at radius 1 is 1.00 bits per heavy atom. The third-order valence-corrected chi connectivity index (χ3v) is 5.39. The maximum absolute atomic E-state index is 11.9. The predicted molar refractivity (Wildman–Crippen MR) is 110 cm³/mol. The molecule has 0 bridgehead atoms. The number of thioether (sulfide) groups is 1. The first-order valence-electron chi connectivity index (χ1n) is 8.41. The largest absolute Gasteiger partial charge is 0.423 e. The summed E-state index contributed by atoms with van der Waals surface area (Å²) in [5, 5.41) is 1.41. The monoisotopic (exact) mass is 366 g/mol. The molecule has 134 valence electrons. The van der Waals surface area contributed by atoms with E-state index in [-0.39, 0.29) is 5.63 Å². The van der Waals surface area contributed by atoms with Crippen LogP contribution in [-0.2, 0) is 5.75 Å². The Morgan fingerprint density at radius 2 is 1.69 bits per heavy atom. The maximum atomic E-state index is 11.9. The lowest BCUT2D eigenvalue weighted by atomic mass is 10.0. The summed E-state index contributed by atoms with van der Waals surface area (Å²) in [6.45, 7) is 8.17. The molecule has 4 nitrogen and oxygen atoms in total. The van der Waals surface area contributed by atoms with E-state index in [4.69, 9.17) is 10.2 Å². The average Bonchev–Trinajstić information content (AvgIpc) is 2.57. The molecule has 1 aromatic heterocycles. The van der Waals surface area contributed by atoms with Gasteiger partial charge in [0, 0.05) is 17.2 Å². The minimum atomic E-state index is -0.346. The Labute approximate surface area is 157 Å². The van der Waals surface area contributed by atoms with E-state index in [1.165, 1.54) is 29.0 Å². The Bertz CT molecular complexity index is 1070. The minimum Gasteiger partial charge on any atom is -0.423 e. The van der Waals surface area contributed by atoms with E-state index in [1.807, 2.05) is 38.1 Å². The third-order valence-electron chi connectivity index (χ3n) is 4.55. The summed E-state index contributed by atoms with van der Waals surface area (Å²) < 4.78 is 5.34. The van der Waals surface area contributed by atoms with E-state index in [0.29, 0.717) is 16.5 Å². The van der Waals surface area contributed by atoms with Crippen LogP contribution in [0.3, 0.4) is 0 Å². The van der Waals surface area contributed by atoms with Crippen LogP contribution in [-0.4, -0.2) is 5.17 Å².